The molecule has 2 aromatic rings. The molecule has 25 heavy (non-hydrogen) atoms. The zero-order valence-electron chi connectivity index (χ0n) is 13.9. The minimum atomic E-state index is -0.297. The van der Waals surface area contributed by atoms with Crippen molar-refractivity contribution in [3.8, 4) is 0 Å². The third-order valence-electron chi connectivity index (χ3n) is 4.19. The molecule has 0 radical (unpaired) electrons. The topological polar surface area (TPSA) is 49.4 Å². The number of nitrogens with zero attached hydrogens (tertiary/aromatic N) is 1. The van der Waals surface area contributed by atoms with Gasteiger partial charge in [-0.25, -0.2) is 4.39 Å². The normalized spacial score (nSPS) is 17.0. The summed E-state index contributed by atoms with van der Waals surface area (Å²) in [6.07, 6.45) is 2.27. The van der Waals surface area contributed by atoms with Crippen molar-refractivity contribution in [3.05, 3.63) is 65.5 Å². The van der Waals surface area contributed by atoms with Gasteiger partial charge >= 0.3 is 0 Å². The van der Waals surface area contributed by atoms with Crippen molar-refractivity contribution in [2.45, 2.75) is 23.9 Å². The molecule has 0 unspecified atom stereocenters. The van der Waals surface area contributed by atoms with E-state index in [0.29, 0.717) is 18.7 Å². The van der Waals surface area contributed by atoms with E-state index in [1.165, 1.54) is 12.1 Å². The van der Waals surface area contributed by atoms with Crippen LogP contribution < -0.4 is 5.32 Å². The van der Waals surface area contributed by atoms with Crippen molar-refractivity contribution in [1.82, 2.24) is 10.2 Å². The average molecular weight is 358 g/mol. The minimum Gasteiger partial charge on any atom is -0.347 e. The van der Waals surface area contributed by atoms with Gasteiger partial charge in [-0.2, -0.15) is 0 Å². The molecule has 1 aliphatic rings. The molecule has 1 heterocycles. The van der Waals surface area contributed by atoms with Crippen molar-refractivity contribution in [2.24, 2.45) is 0 Å². The third-order valence-corrected chi connectivity index (χ3v) is 4.93. The predicted octanol–water partition coefficient (Wildman–Crippen LogP) is 3.08. The highest BCUT2D eigenvalue weighted by atomic mass is 32.2. The lowest BCUT2D eigenvalue weighted by atomic mass is 10.2. The Labute approximate surface area is 150 Å². The van der Waals surface area contributed by atoms with Gasteiger partial charge in [0.05, 0.1) is 6.04 Å². The standard InChI is InChI=1S/C19H19FN2O2S/c1-25-17-8-4-14(5-9-17)19(24)21-16-10-18(23)22(12-16)11-13-2-6-15(20)7-3-13/h2-9,16H,10-12H2,1H3,(H,21,24)/t16-/m1/s1. The van der Waals surface area contributed by atoms with Crippen molar-refractivity contribution in [3.63, 3.8) is 0 Å². The van der Waals surface area contributed by atoms with Crippen LogP contribution in [0, 0.1) is 5.82 Å². The fourth-order valence-corrected chi connectivity index (χ4v) is 3.25. The van der Waals surface area contributed by atoms with Crippen LogP contribution in [-0.4, -0.2) is 35.6 Å². The third kappa shape index (κ3) is 4.39. The molecule has 0 aliphatic carbocycles. The Balaban J connectivity index is 1.58. The molecule has 2 amide bonds. The average Bonchev–Trinajstić information content (AvgIpc) is 2.96. The van der Waals surface area contributed by atoms with Crippen molar-refractivity contribution in [2.75, 3.05) is 12.8 Å². The fraction of sp³-hybridized carbons (Fsp3) is 0.263. The summed E-state index contributed by atoms with van der Waals surface area (Å²) < 4.78 is 13.0. The van der Waals surface area contributed by atoms with Gasteiger partial charge in [-0.05, 0) is 48.2 Å². The van der Waals surface area contributed by atoms with E-state index in [4.69, 9.17) is 0 Å². The summed E-state index contributed by atoms with van der Waals surface area (Å²) in [6.45, 7) is 0.888. The molecule has 0 saturated carbocycles. The van der Waals surface area contributed by atoms with E-state index >= 15 is 0 Å². The molecule has 0 bridgehead atoms. The van der Waals surface area contributed by atoms with Crippen molar-refractivity contribution < 1.29 is 14.0 Å². The van der Waals surface area contributed by atoms with Crippen LogP contribution in [0.3, 0.4) is 0 Å². The Morgan fingerprint density at radius 3 is 2.52 bits per heavy atom. The molecule has 1 atom stereocenters. The van der Waals surface area contributed by atoms with Gasteiger partial charge < -0.3 is 10.2 Å². The Bertz CT molecular complexity index is 762. The molecular weight excluding hydrogens is 339 g/mol. The van der Waals surface area contributed by atoms with E-state index in [1.54, 1.807) is 40.9 Å². The van der Waals surface area contributed by atoms with Gasteiger partial charge in [-0.3, -0.25) is 9.59 Å². The summed E-state index contributed by atoms with van der Waals surface area (Å²) in [6, 6.07) is 13.3. The van der Waals surface area contributed by atoms with Gasteiger partial charge in [0.1, 0.15) is 5.82 Å². The van der Waals surface area contributed by atoms with Crippen LogP contribution in [0.1, 0.15) is 22.3 Å². The number of carbonyl (C=O) groups excluding carboxylic acids is 2. The largest absolute Gasteiger partial charge is 0.347 e. The Morgan fingerprint density at radius 1 is 1.20 bits per heavy atom. The first-order chi connectivity index (χ1) is 12.0. The number of nitrogens with one attached hydrogen (secondary N) is 1. The second-order valence-electron chi connectivity index (χ2n) is 6.00. The van der Waals surface area contributed by atoms with E-state index in [9.17, 15) is 14.0 Å². The summed E-state index contributed by atoms with van der Waals surface area (Å²) in [7, 11) is 0. The Kier molecular flexibility index (Phi) is 5.38. The number of likely N-dealkylation sites (tertiary alicyclic amines) is 1. The molecule has 4 nitrogen and oxygen atoms in total. The fourth-order valence-electron chi connectivity index (χ4n) is 2.84. The second-order valence-corrected chi connectivity index (χ2v) is 6.88. The van der Waals surface area contributed by atoms with E-state index in [0.717, 1.165) is 10.5 Å². The van der Waals surface area contributed by atoms with Crippen LogP contribution in [0.2, 0.25) is 0 Å². The van der Waals surface area contributed by atoms with E-state index in [-0.39, 0.29) is 30.1 Å². The maximum absolute atomic E-state index is 13.0. The smallest absolute Gasteiger partial charge is 0.251 e. The highest BCUT2D eigenvalue weighted by Crippen LogP contribution is 2.17. The second kappa shape index (κ2) is 7.70. The summed E-state index contributed by atoms with van der Waals surface area (Å²) in [5, 5.41) is 2.92. The molecule has 0 aromatic heterocycles. The molecule has 0 spiro atoms. The maximum Gasteiger partial charge on any atom is 0.251 e. The SMILES string of the molecule is CSc1ccc(C(=O)N[C@@H]2CC(=O)N(Cc3ccc(F)cc3)C2)cc1. The summed E-state index contributed by atoms with van der Waals surface area (Å²) in [4.78, 5) is 27.3. The lowest BCUT2D eigenvalue weighted by Gasteiger charge is -2.17. The van der Waals surface area contributed by atoms with Gasteiger partial charge in [0.15, 0.2) is 0 Å². The molecule has 1 saturated heterocycles. The van der Waals surface area contributed by atoms with Crippen LogP contribution in [0.25, 0.3) is 0 Å². The first-order valence-electron chi connectivity index (χ1n) is 8.02. The number of hydrogen-bond acceptors (Lipinski definition) is 3. The summed E-state index contributed by atoms with van der Waals surface area (Å²) >= 11 is 1.62. The highest BCUT2D eigenvalue weighted by molar-refractivity contribution is 7.98. The van der Waals surface area contributed by atoms with Gasteiger partial charge in [-0.1, -0.05) is 12.1 Å². The molecule has 3 rings (SSSR count). The number of hydrogen-bond donors (Lipinski definition) is 1. The van der Waals surface area contributed by atoms with Crippen molar-refractivity contribution in [1.29, 1.82) is 0 Å². The molecule has 130 valence electrons. The first kappa shape index (κ1) is 17.5. The number of benzene rings is 2. The van der Waals surface area contributed by atoms with Gasteiger partial charge in [0.25, 0.3) is 5.91 Å². The van der Waals surface area contributed by atoms with E-state index < -0.39 is 0 Å². The van der Waals surface area contributed by atoms with Crippen LogP contribution in [-0.2, 0) is 11.3 Å². The maximum atomic E-state index is 13.0. The van der Waals surface area contributed by atoms with Crippen LogP contribution >= 0.6 is 11.8 Å². The molecule has 1 fully saturated rings. The van der Waals surface area contributed by atoms with Gasteiger partial charge in [-0.15, -0.1) is 11.8 Å². The minimum absolute atomic E-state index is 0.00708. The van der Waals surface area contributed by atoms with Crippen molar-refractivity contribution >= 4 is 23.6 Å². The zero-order valence-corrected chi connectivity index (χ0v) is 14.7. The van der Waals surface area contributed by atoms with Crippen LogP contribution in [0.15, 0.2) is 53.4 Å². The Morgan fingerprint density at radius 2 is 1.88 bits per heavy atom. The summed E-state index contributed by atoms with van der Waals surface area (Å²) in [5.41, 5.74) is 1.46. The van der Waals surface area contributed by atoms with Crippen LogP contribution in [0.5, 0.6) is 0 Å². The van der Waals surface area contributed by atoms with E-state index in [2.05, 4.69) is 5.32 Å². The summed E-state index contributed by atoms with van der Waals surface area (Å²) in [5.74, 6) is -0.476. The number of rotatable bonds is 5. The molecule has 1 N–H and O–H groups in total. The monoisotopic (exact) mass is 358 g/mol. The number of halogens is 1. The first-order valence-corrected chi connectivity index (χ1v) is 9.25. The highest BCUT2D eigenvalue weighted by Gasteiger charge is 2.30. The number of carbonyl (C=O) groups is 2. The zero-order chi connectivity index (χ0) is 17.8. The lowest BCUT2D eigenvalue weighted by Crippen LogP contribution is -2.37. The predicted molar refractivity (Wildman–Crippen MR) is 95.9 cm³/mol. The van der Waals surface area contributed by atoms with Gasteiger partial charge in [0.2, 0.25) is 5.91 Å². The molecular formula is C19H19FN2O2S. The molecule has 6 heteroatoms. The van der Waals surface area contributed by atoms with E-state index in [1.807, 2.05) is 18.4 Å². The van der Waals surface area contributed by atoms with Gasteiger partial charge in [0, 0.05) is 30.0 Å². The number of thioether (sulfide) groups is 1. The Hall–Kier alpha value is -2.34. The lowest BCUT2D eigenvalue weighted by molar-refractivity contribution is -0.128. The number of amides is 2. The quantitative estimate of drug-likeness (QED) is 0.836. The molecule has 1 aliphatic heterocycles. The van der Waals surface area contributed by atoms with Crippen LogP contribution in [0.4, 0.5) is 4.39 Å². The molecule has 2 aromatic carbocycles.